The van der Waals surface area contributed by atoms with Crippen LogP contribution in [0.5, 0.6) is 0 Å². The second kappa shape index (κ2) is 9.10. The van der Waals surface area contributed by atoms with Crippen molar-refractivity contribution in [3.8, 4) is 0 Å². The highest BCUT2D eigenvalue weighted by Crippen LogP contribution is 2.61. The molecule has 0 aromatic heterocycles. The van der Waals surface area contributed by atoms with Gasteiger partial charge in [-0.2, -0.15) is 0 Å². The Kier molecular flexibility index (Phi) is 6.62. The molecule has 1 amide bonds. The number of thioether (sulfide) groups is 2. The third-order valence-corrected chi connectivity index (χ3v) is 10.2. The molecular formula is C23H25NO4S3. The normalized spacial score (nSPS) is 21.6. The highest BCUT2D eigenvalue weighted by molar-refractivity contribution is 8.18. The maximum atomic E-state index is 12.4. The number of carbonyl (C=O) groups excluding carboxylic acids is 1. The van der Waals surface area contributed by atoms with Crippen LogP contribution in [0.15, 0.2) is 52.3 Å². The van der Waals surface area contributed by atoms with Gasteiger partial charge in [0, 0.05) is 39.4 Å². The first kappa shape index (κ1) is 22.6. The van der Waals surface area contributed by atoms with E-state index in [0.717, 1.165) is 38.8 Å². The summed E-state index contributed by atoms with van der Waals surface area (Å²) in [6.45, 7) is 2.12. The summed E-state index contributed by atoms with van der Waals surface area (Å²) >= 11 is 5.22. The summed E-state index contributed by atoms with van der Waals surface area (Å²) in [6.07, 6.45) is 1.54. The number of hydrogen-bond acceptors (Lipinski definition) is 6. The molecule has 1 unspecified atom stereocenters. The van der Waals surface area contributed by atoms with Gasteiger partial charge in [-0.3, -0.25) is 9.59 Å². The summed E-state index contributed by atoms with van der Waals surface area (Å²) in [5.74, 6) is 0.867. The van der Waals surface area contributed by atoms with Gasteiger partial charge in [0.15, 0.2) is 0 Å². The van der Waals surface area contributed by atoms with Crippen molar-refractivity contribution >= 4 is 52.8 Å². The van der Waals surface area contributed by atoms with Crippen LogP contribution in [-0.4, -0.2) is 37.7 Å². The molecule has 2 aromatic rings. The first-order valence-corrected chi connectivity index (χ1v) is 13.1. The van der Waals surface area contributed by atoms with Crippen LogP contribution in [0.4, 0.5) is 5.69 Å². The van der Waals surface area contributed by atoms with Gasteiger partial charge in [-0.05, 0) is 55.5 Å². The molecule has 2 aliphatic heterocycles. The smallest absolute Gasteiger partial charge is 0.303 e. The standard InChI is InChI=1S/C23H25NO4S3/c1-22(29-12-5-13-30-22)23(28)16-6-2-3-7-18(16)31-19-11-10-15(14-17(19)23)24-20(25)8-4-9-21(26)27/h2-3,6-7,10-11,14,28H,4-5,8-9,12-13H2,1H3,(H,24,25)(H,26,27). The second-order valence-electron chi connectivity index (χ2n) is 7.81. The number of carboxylic acids is 1. The van der Waals surface area contributed by atoms with Crippen molar-refractivity contribution in [2.45, 2.75) is 52.1 Å². The van der Waals surface area contributed by atoms with Crippen LogP contribution in [0.2, 0.25) is 0 Å². The molecule has 2 heterocycles. The van der Waals surface area contributed by atoms with Crippen LogP contribution in [0.1, 0.15) is 43.7 Å². The molecule has 164 valence electrons. The number of hydrogen-bond donors (Lipinski definition) is 3. The Hall–Kier alpha value is -1.61. The van der Waals surface area contributed by atoms with Crippen LogP contribution in [-0.2, 0) is 15.2 Å². The fraction of sp³-hybridized carbons (Fsp3) is 0.391. The minimum atomic E-state index is -1.20. The van der Waals surface area contributed by atoms with Gasteiger partial charge in [0.1, 0.15) is 5.60 Å². The van der Waals surface area contributed by atoms with Crippen LogP contribution in [0, 0.1) is 0 Å². The van der Waals surface area contributed by atoms with Gasteiger partial charge in [-0.15, -0.1) is 23.5 Å². The molecule has 1 saturated heterocycles. The predicted molar refractivity (Wildman–Crippen MR) is 128 cm³/mol. The summed E-state index contributed by atoms with van der Waals surface area (Å²) in [7, 11) is 0. The van der Waals surface area contributed by atoms with E-state index in [1.165, 1.54) is 0 Å². The van der Waals surface area contributed by atoms with Crippen LogP contribution in [0.3, 0.4) is 0 Å². The average Bonchev–Trinajstić information content (AvgIpc) is 2.74. The molecular weight excluding hydrogens is 450 g/mol. The molecule has 0 saturated carbocycles. The second-order valence-corrected chi connectivity index (χ2v) is 12.2. The fourth-order valence-electron chi connectivity index (χ4n) is 4.05. The topological polar surface area (TPSA) is 86.6 Å². The van der Waals surface area contributed by atoms with E-state index in [-0.39, 0.29) is 18.7 Å². The number of nitrogens with one attached hydrogen (secondary N) is 1. The van der Waals surface area contributed by atoms with Crippen molar-refractivity contribution in [1.82, 2.24) is 0 Å². The molecule has 2 aromatic carbocycles. The zero-order valence-corrected chi connectivity index (χ0v) is 19.7. The summed E-state index contributed by atoms with van der Waals surface area (Å²) in [6, 6.07) is 13.7. The summed E-state index contributed by atoms with van der Waals surface area (Å²) < 4.78 is -0.457. The molecule has 8 heteroatoms. The maximum Gasteiger partial charge on any atom is 0.303 e. The minimum absolute atomic E-state index is 0.0302. The van der Waals surface area contributed by atoms with E-state index >= 15 is 0 Å². The van der Waals surface area contributed by atoms with Gasteiger partial charge >= 0.3 is 5.97 Å². The van der Waals surface area contributed by atoms with E-state index < -0.39 is 15.6 Å². The predicted octanol–water partition coefficient (Wildman–Crippen LogP) is 5.17. The first-order valence-electron chi connectivity index (χ1n) is 10.3. The van der Waals surface area contributed by atoms with E-state index in [4.69, 9.17) is 5.11 Å². The van der Waals surface area contributed by atoms with E-state index in [1.807, 2.05) is 42.5 Å². The minimum Gasteiger partial charge on any atom is -0.481 e. The molecule has 4 rings (SSSR count). The van der Waals surface area contributed by atoms with Crippen LogP contribution >= 0.6 is 35.3 Å². The number of rotatable bonds is 6. The van der Waals surface area contributed by atoms with E-state index in [2.05, 4.69) is 12.2 Å². The molecule has 1 atom stereocenters. The van der Waals surface area contributed by atoms with Crippen molar-refractivity contribution in [2.75, 3.05) is 16.8 Å². The van der Waals surface area contributed by atoms with Gasteiger partial charge in [0.2, 0.25) is 5.91 Å². The molecule has 0 aliphatic carbocycles. The van der Waals surface area contributed by atoms with E-state index in [0.29, 0.717) is 12.1 Å². The number of carboxylic acid groups (broad SMARTS) is 1. The number of carbonyl (C=O) groups is 2. The number of benzene rings is 2. The monoisotopic (exact) mass is 475 g/mol. The lowest BCUT2D eigenvalue weighted by atomic mass is 9.82. The van der Waals surface area contributed by atoms with Crippen LogP contribution in [0.25, 0.3) is 0 Å². The van der Waals surface area contributed by atoms with E-state index in [9.17, 15) is 14.7 Å². The first-order chi connectivity index (χ1) is 14.8. The Morgan fingerprint density at radius 3 is 2.48 bits per heavy atom. The lowest BCUT2D eigenvalue weighted by Gasteiger charge is -2.49. The summed E-state index contributed by atoms with van der Waals surface area (Å²) in [4.78, 5) is 25.0. The van der Waals surface area contributed by atoms with Crippen molar-refractivity contribution in [3.05, 3.63) is 53.6 Å². The van der Waals surface area contributed by atoms with Gasteiger partial charge in [-0.25, -0.2) is 0 Å². The molecule has 31 heavy (non-hydrogen) atoms. The van der Waals surface area contributed by atoms with E-state index in [1.54, 1.807) is 35.3 Å². The summed E-state index contributed by atoms with van der Waals surface area (Å²) in [5, 5.41) is 24.0. The van der Waals surface area contributed by atoms with Crippen LogP contribution < -0.4 is 5.32 Å². The average molecular weight is 476 g/mol. The molecule has 0 radical (unpaired) electrons. The molecule has 0 spiro atoms. The highest BCUT2D eigenvalue weighted by atomic mass is 32.2. The Labute approximate surface area is 194 Å². The lowest BCUT2D eigenvalue weighted by molar-refractivity contribution is -0.137. The quantitative estimate of drug-likeness (QED) is 0.531. The fourth-order valence-corrected chi connectivity index (χ4v) is 8.45. The number of aliphatic carboxylic acids is 1. The van der Waals surface area contributed by atoms with Gasteiger partial charge in [0.05, 0.1) is 4.08 Å². The third kappa shape index (κ3) is 4.35. The maximum absolute atomic E-state index is 12.4. The lowest BCUT2D eigenvalue weighted by Crippen LogP contribution is -2.49. The third-order valence-electron chi connectivity index (χ3n) is 5.65. The molecule has 5 nitrogen and oxygen atoms in total. The number of fused-ring (bicyclic) bond motifs is 2. The zero-order chi connectivity index (χ0) is 22.1. The van der Waals surface area contributed by atoms with Gasteiger partial charge in [0.25, 0.3) is 0 Å². The Morgan fingerprint density at radius 2 is 1.74 bits per heavy atom. The van der Waals surface area contributed by atoms with Gasteiger partial charge in [-0.1, -0.05) is 30.0 Å². The largest absolute Gasteiger partial charge is 0.481 e. The van der Waals surface area contributed by atoms with Crippen molar-refractivity contribution in [1.29, 1.82) is 0 Å². The number of anilines is 1. The van der Waals surface area contributed by atoms with Gasteiger partial charge < -0.3 is 15.5 Å². The Morgan fingerprint density at radius 1 is 1.03 bits per heavy atom. The molecule has 0 bridgehead atoms. The number of aliphatic hydroxyl groups is 1. The molecule has 1 fully saturated rings. The van der Waals surface area contributed by atoms with Crippen molar-refractivity contribution in [2.24, 2.45) is 0 Å². The van der Waals surface area contributed by atoms with Crippen molar-refractivity contribution < 1.29 is 19.8 Å². The zero-order valence-electron chi connectivity index (χ0n) is 17.2. The Bertz CT molecular complexity index is 1010. The SMILES string of the molecule is CC1(C2(O)c3ccccc3Sc3ccc(NC(=O)CCCC(=O)O)cc32)SCCCS1. The highest BCUT2D eigenvalue weighted by Gasteiger charge is 2.54. The number of amides is 1. The van der Waals surface area contributed by atoms with Crippen molar-refractivity contribution in [3.63, 3.8) is 0 Å². The molecule has 2 aliphatic rings. The summed E-state index contributed by atoms with van der Waals surface area (Å²) in [5.41, 5.74) is 1.13. The molecule has 3 N–H and O–H groups in total. The Balaban J connectivity index is 1.69.